The van der Waals surface area contributed by atoms with Crippen LogP contribution in [0.25, 0.3) is 0 Å². The minimum atomic E-state index is 0.479. The summed E-state index contributed by atoms with van der Waals surface area (Å²) in [5, 5.41) is 6.44. The largest absolute Gasteiger partial charge is 0.314 e. The van der Waals surface area contributed by atoms with Gasteiger partial charge < -0.3 is 10.6 Å². The highest BCUT2D eigenvalue weighted by molar-refractivity contribution is 5.71. The lowest BCUT2D eigenvalue weighted by Gasteiger charge is -2.11. The van der Waals surface area contributed by atoms with Crippen LogP contribution >= 0.6 is 0 Å². The van der Waals surface area contributed by atoms with E-state index in [0.717, 1.165) is 32.5 Å². The van der Waals surface area contributed by atoms with E-state index in [9.17, 15) is 4.79 Å². The van der Waals surface area contributed by atoms with Gasteiger partial charge in [-0.2, -0.15) is 0 Å². The highest BCUT2D eigenvalue weighted by Gasteiger charge is 1.91. The van der Waals surface area contributed by atoms with Crippen molar-refractivity contribution in [3.8, 4) is 0 Å². The molecule has 1 fully saturated rings. The summed E-state index contributed by atoms with van der Waals surface area (Å²) in [4.78, 5) is 13.7. The van der Waals surface area contributed by atoms with Gasteiger partial charge in [-0.25, -0.2) is 0 Å². The van der Waals surface area contributed by atoms with Crippen LogP contribution in [0.4, 0.5) is 0 Å². The summed E-state index contributed by atoms with van der Waals surface area (Å²) in [5.74, 6) is 0. The van der Waals surface area contributed by atoms with Crippen molar-refractivity contribution in [2.75, 3.05) is 26.2 Å². The van der Waals surface area contributed by atoms with Gasteiger partial charge in [-0.15, -0.1) is 0 Å². The fraction of sp³-hybridized carbons (Fsp3) is 0.400. The lowest BCUT2D eigenvalue weighted by Crippen LogP contribution is -2.39. The molecule has 1 saturated heterocycles. The van der Waals surface area contributed by atoms with Crippen molar-refractivity contribution in [3.63, 3.8) is 0 Å². The van der Waals surface area contributed by atoms with Crippen molar-refractivity contribution in [2.24, 2.45) is 0 Å². The van der Waals surface area contributed by atoms with Crippen LogP contribution in [-0.4, -0.2) is 37.4 Å². The number of aromatic nitrogens is 1. The van der Waals surface area contributed by atoms with Gasteiger partial charge in [-0.05, 0) is 12.1 Å². The van der Waals surface area contributed by atoms with Gasteiger partial charge >= 0.3 is 0 Å². The fourth-order valence-corrected chi connectivity index (χ4v) is 1.05. The number of hydrogen-bond acceptors (Lipinski definition) is 4. The number of pyridine rings is 1. The summed E-state index contributed by atoms with van der Waals surface area (Å²) in [6.07, 6.45) is 2.31. The third-order valence-electron chi connectivity index (χ3n) is 1.77. The summed E-state index contributed by atoms with van der Waals surface area (Å²) in [7, 11) is 0. The molecule has 0 saturated carbocycles. The van der Waals surface area contributed by atoms with E-state index in [1.54, 1.807) is 24.4 Å². The van der Waals surface area contributed by atoms with Crippen LogP contribution in [0.1, 0.15) is 10.5 Å². The summed E-state index contributed by atoms with van der Waals surface area (Å²) < 4.78 is 0. The molecule has 0 amide bonds. The van der Waals surface area contributed by atoms with Crippen LogP contribution in [0.5, 0.6) is 0 Å². The molecule has 0 bridgehead atoms. The Hall–Kier alpha value is -1.26. The number of nitrogens with zero attached hydrogens (tertiary/aromatic N) is 1. The third kappa shape index (κ3) is 4.69. The molecule has 1 aliphatic heterocycles. The Kier molecular flexibility index (Phi) is 5.54. The Bertz CT molecular complexity index is 235. The number of carbonyl (C=O) groups is 1. The van der Waals surface area contributed by atoms with Crippen molar-refractivity contribution in [3.05, 3.63) is 30.1 Å². The third-order valence-corrected chi connectivity index (χ3v) is 1.77. The van der Waals surface area contributed by atoms with E-state index in [1.807, 2.05) is 0 Å². The number of aldehydes is 1. The molecule has 2 heterocycles. The van der Waals surface area contributed by atoms with Crippen LogP contribution in [0.2, 0.25) is 0 Å². The zero-order chi connectivity index (χ0) is 10.1. The molecule has 0 atom stereocenters. The maximum Gasteiger partial charge on any atom is 0.168 e. The summed E-state index contributed by atoms with van der Waals surface area (Å²) >= 11 is 0. The maximum atomic E-state index is 9.94. The smallest absolute Gasteiger partial charge is 0.168 e. The molecule has 1 aromatic heterocycles. The normalized spacial score (nSPS) is 15.1. The van der Waals surface area contributed by atoms with Crippen molar-refractivity contribution in [1.29, 1.82) is 0 Å². The van der Waals surface area contributed by atoms with Gasteiger partial charge in [0.05, 0.1) is 0 Å². The number of piperazine rings is 1. The fourth-order valence-electron chi connectivity index (χ4n) is 1.05. The van der Waals surface area contributed by atoms with Crippen molar-refractivity contribution in [2.45, 2.75) is 0 Å². The quantitative estimate of drug-likeness (QED) is 0.620. The SMILES string of the molecule is C1CNCCN1.O=Cc1ccccn1. The van der Waals surface area contributed by atoms with Crippen LogP contribution in [0.15, 0.2) is 24.4 Å². The molecule has 2 rings (SSSR count). The van der Waals surface area contributed by atoms with E-state index in [0.29, 0.717) is 5.69 Å². The second-order valence-electron chi connectivity index (χ2n) is 2.87. The minimum absolute atomic E-state index is 0.479. The summed E-state index contributed by atoms with van der Waals surface area (Å²) in [6.45, 7) is 4.56. The van der Waals surface area contributed by atoms with Gasteiger partial charge in [0.25, 0.3) is 0 Å². The number of carbonyl (C=O) groups excluding carboxylic acids is 1. The Balaban J connectivity index is 0.000000146. The zero-order valence-electron chi connectivity index (χ0n) is 8.07. The first-order valence-electron chi connectivity index (χ1n) is 4.71. The standard InChI is InChI=1S/C6H5NO.C4H10N2/c8-5-6-3-1-2-4-7-6;1-2-6-4-3-5-1/h1-5H;5-6H,1-4H2. The molecule has 0 spiro atoms. The molecule has 0 unspecified atom stereocenters. The van der Waals surface area contributed by atoms with Gasteiger partial charge in [0.1, 0.15) is 5.69 Å². The number of nitrogens with one attached hydrogen (secondary N) is 2. The average Bonchev–Trinajstić information content (AvgIpc) is 2.33. The molecular formula is C10H15N3O. The molecule has 4 nitrogen and oxygen atoms in total. The van der Waals surface area contributed by atoms with Gasteiger partial charge in [0.2, 0.25) is 0 Å². The predicted molar refractivity (Wildman–Crippen MR) is 55.4 cm³/mol. The summed E-state index contributed by atoms with van der Waals surface area (Å²) in [6, 6.07) is 5.21. The molecule has 0 aliphatic carbocycles. The monoisotopic (exact) mass is 193 g/mol. The maximum absolute atomic E-state index is 9.94. The first-order valence-corrected chi connectivity index (χ1v) is 4.71. The van der Waals surface area contributed by atoms with E-state index in [1.165, 1.54) is 0 Å². The van der Waals surface area contributed by atoms with Gasteiger partial charge in [-0.1, -0.05) is 6.07 Å². The lowest BCUT2D eigenvalue weighted by molar-refractivity contribution is 0.111. The molecule has 1 aromatic rings. The highest BCUT2D eigenvalue weighted by Crippen LogP contribution is 1.85. The van der Waals surface area contributed by atoms with Crippen molar-refractivity contribution < 1.29 is 4.79 Å². The van der Waals surface area contributed by atoms with E-state index in [4.69, 9.17) is 0 Å². The first kappa shape index (κ1) is 10.8. The molecule has 4 heteroatoms. The first-order chi connectivity index (χ1) is 6.93. The van der Waals surface area contributed by atoms with E-state index in [-0.39, 0.29) is 0 Å². The van der Waals surface area contributed by atoms with E-state index in [2.05, 4.69) is 15.6 Å². The molecule has 0 aromatic carbocycles. The Morgan fingerprint density at radius 3 is 2.07 bits per heavy atom. The van der Waals surface area contributed by atoms with E-state index < -0.39 is 0 Å². The molecular weight excluding hydrogens is 178 g/mol. The Morgan fingerprint density at radius 2 is 1.79 bits per heavy atom. The molecule has 14 heavy (non-hydrogen) atoms. The van der Waals surface area contributed by atoms with E-state index >= 15 is 0 Å². The Morgan fingerprint density at radius 1 is 1.14 bits per heavy atom. The van der Waals surface area contributed by atoms with Crippen molar-refractivity contribution in [1.82, 2.24) is 15.6 Å². The Labute approximate surface area is 83.7 Å². The van der Waals surface area contributed by atoms with Gasteiger partial charge in [0, 0.05) is 32.4 Å². The van der Waals surface area contributed by atoms with Gasteiger partial charge in [0.15, 0.2) is 6.29 Å². The zero-order valence-corrected chi connectivity index (χ0v) is 8.07. The predicted octanol–water partition coefficient (Wildman–Crippen LogP) is 0.0733. The van der Waals surface area contributed by atoms with Crippen molar-refractivity contribution >= 4 is 6.29 Å². The second-order valence-corrected chi connectivity index (χ2v) is 2.87. The minimum Gasteiger partial charge on any atom is -0.314 e. The van der Waals surface area contributed by atoms with Crippen LogP contribution in [0.3, 0.4) is 0 Å². The number of hydrogen-bond donors (Lipinski definition) is 2. The molecule has 2 N–H and O–H groups in total. The summed E-state index contributed by atoms with van der Waals surface area (Å²) in [5.41, 5.74) is 0.479. The van der Waals surface area contributed by atoms with Gasteiger partial charge in [-0.3, -0.25) is 9.78 Å². The highest BCUT2D eigenvalue weighted by atomic mass is 16.1. The average molecular weight is 193 g/mol. The van der Waals surface area contributed by atoms with Crippen LogP contribution in [0, 0.1) is 0 Å². The lowest BCUT2D eigenvalue weighted by atomic mass is 10.4. The topological polar surface area (TPSA) is 54.0 Å². The molecule has 1 aliphatic rings. The van der Waals surface area contributed by atoms with Crippen LogP contribution in [-0.2, 0) is 0 Å². The van der Waals surface area contributed by atoms with Crippen LogP contribution < -0.4 is 10.6 Å². The second kappa shape index (κ2) is 7.17. The molecule has 76 valence electrons. The number of rotatable bonds is 1. The molecule has 0 radical (unpaired) electrons.